The van der Waals surface area contributed by atoms with E-state index in [0.717, 1.165) is 25.9 Å². The minimum Gasteiger partial charge on any atom is -0.493 e. The normalized spacial score (nSPS) is 15.8. The van der Waals surface area contributed by atoms with Crippen molar-refractivity contribution in [3.8, 4) is 5.88 Å². The van der Waals surface area contributed by atoms with Crippen LogP contribution in [0, 0.1) is 5.92 Å². The zero-order valence-corrected chi connectivity index (χ0v) is 18.6. The molecule has 0 aliphatic carbocycles. The molecule has 1 amide bonds. The summed E-state index contributed by atoms with van der Waals surface area (Å²) in [6, 6.07) is 8.65. The number of nitrogens with one attached hydrogen (secondary N) is 4. The van der Waals surface area contributed by atoms with Crippen molar-refractivity contribution in [3.63, 3.8) is 0 Å². The number of anilines is 1. The number of carbonyl (C=O) groups is 1. The summed E-state index contributed by atoms with van der Waals surface area (Å²) in [6.45, 7) is 1.58. The Labute approximate surface area is 197 Å². The molecule has 5 rings (SSSR count). The number of piperidine rings is 1. The third kappa shape index (κ3) is 4.56. The number of H-pyrrole nitrogens is 2. The predicted molar refractivity (Wildman–Crippen MR) is 126 cm³/mol. The van der Waals surface area contributed by atoms with E-state index in [1.54, 1.807) is 30.3 Å². The van der Waals surface area contributed by atoms with E-state index in [2.05, 4.69) is 35.7 Å². The summed E-state index contributed by atoms with van der Waals surface area (Å²) in [5.41, 5.74) is 0.944. The maximum absolute atomic E-state index is 12.9. The molecule has 0 radical (unpaired) electrons. The van der Waals surface area contributed by atoms with E-state index < -0.39 is 5.69 Å². The Morgan fingerprint density at radius 1 is 1.26 bits per heavy atom. The van der Waals surface area contributed by atoms with Gasteiger partial charge in [-0.15, -0.1) is 0 Å². The number of nitrogens with zero attached hydrogens (tertiary/aromatic N) is 4. The van der Waals surface area contributed by atoms with Gasteiger partial charge in [0.05, 0.1) is 11.9 Å². The molecule has 174 valence electrons. The molecule has 0 atom stereocenters. The quantitative estimate of drug-likeness (QED) is 0.291. The second-order valence-corrected chi connectivity index (χ2v) is 8.36. The maximum Gasteiger partial charge on any atom is 0.326 e. The van der Waals surface area contributed by atoms with Gasteiger partial charge in [0.1, 0.15) is 11.5 Å². The van der Waals surface area contributed by atoms with Gasteiger partial charge in [-0.3, -0.25) is 9.78 Å². The summed E-state index contributed by atoms with van der Waals surface area (Å²) < 4.78 is 1.49. The van der Waals surface area contributed by atoms with Gasteiger partial charge in [-0.2, -0.15) is 9.61 Å². The molecular weight excluding hydrogens is 460 g/mol. The van der Waals surface area contributed by atoms with Crippen LogP contribution in [0.4, 0.5) is 11.5 Å². The van der Waals surface area contributed by atoms with Gasteiger partial charge < -0.3 is 20.7 Å². The van der Waals surface area contributed by atoms with Crippen LogP contribution >= 0.6 is 11.6 Å². The first-order valence-corrected chi connectivity index (χ1v) is 11.1. The summed E-state index contributed by atoms with van der Waals surface area (Å²) in [4.78, 5) is 38.4. The van der Waals surface area contributed by atoms with Gasteiger partial charge in [0.25, 0.3) is 0 Å². The Morgan fingerprint density at radius 2 is 2.09 bits per heavy atom. The standard InChI is InChI=1S/C22H21ClN8O3/c23-14-2-1-3-15(9-14)26-17-10-18(29-20(32)12-4-6-24-7-5-12)31-19(28-17)13(11-25-31)8-16-21(33)30-22(34)27-16/h1-3,8-12,24,33H,4-7H2,(H,29,32)(H2,27,30,34). The molecule has 11 nitrogen and oxygen atoms in total. The van der Waals surface area contributed by atoms with Gasteiger partial charge >= 0.3 is 5.69 Å². The molecule has 1 aromatic carbocycles. The van der Waals surface area contributed by atoms with Crippen molar-refractivity contribution in [1.29, 1.82) is 0 Å². The average molecular weight is 481 g/mol. The van der Waals surface area contributed by atoms with Gasteiger partial charge in [-0.1, -0.05) is 17.7 Å². The van der Waals surface area contributed by atoms with Gasteiger partial charge in [0.15, 0.2) is 11.1 Å². The number of amides is 1. The van der Waals surface area contributed by atoms with Gasteiger partial charge in [0, 0.05) is 22.2 Å². The number of halogens is 1. The first-order chi connectivity index (χ1) is 16.5. The van der Waals surface area contributed by atoms with Crippen molar-refractivity contribution < 1.29 is 9.90 Å². The number of rotatable bonds is 4. The number of hydrogen-bond acceptors (Lipinski definition) is 7. The molecule has 1 aliphatic heterocycles. The minimum atomic E-state index is -0.542. The molecule has 5 N–H and O–H groups in total. The summed E-state index contributed by atoms with van der Waals surface area (Å²) in [5.74, 6) is -0.109. The van der Waals surface area contributed by atoms with E-state index in [1.165, 1.54) is 16.8 Å². The summed E-state index contributed by atoms with van der Waals surface area (Å²) in [5, 5.41) is 21.6. The Hall–Kier alpha value is -3.96. The lowest BCUT2D eigenvalue weighted by Crippen LogP contribution is -2.35. The largest absolute Gasteiger partial charge is 0.493 e. The molecule has 4 heterocycles. The molecule has 0 spiro atoms. The summed E-state index contributed by atoms with van der Waals surface area (Å²) >= 11 is 6.09. The first kappa shape index (κ1) is 21.9. The smallest absolute Gasteiger partial charge is 0.326 e. The molecule has 0 unspecified atom stereocenters. The van der Waals surface area contributed by atoms with E-state index in [9.17, 15) is 14.7 Å². The second-order valence-electron chi connectivity index (χ2n) is 7.93. The Morgan fingerprint density at radius 3 is 2.82 bits per heavy atom. The molecule has 34 heavy (non-hydrogen) atoms. The molecule has 1 fully saturated rings. The van der Waals surface area contributed by atoms with Crippen molar-refractivity contribution >= 4 is 40.7 Å². The Bertz CT molecular complexity index is 1550. The number of aromatic amines is 2. The fourth-order valence-corrected chi connectivity index (χ4v) is 4.04. The zero-order chi connectivity index (χ0) is 23.7. The third-order valence-electron chi connectivity index (χ3n) is 5.53. The Kier molecular flexibility index (Phi) is 5.86. The molecule has 1 saturated heterocycles. The second kappa shape index (κ2) is 9.12. The predicted octanol–water partition coefficient (Wildman–Crippen LogP) is 0.823. The van der Waals surface area contributed by atoms with Crippen molar-refractivity contribution in [2.75, 3.05) is 18.4 Å². The van der Waals surface area contributed by atoms with Crippen molar-refractivity contribution in [2.45, 2.75) is 12.8 Å². The van der Waals surface area contributed by atoms with E-state index in [1.807, 2.05) is 0 Å². The van der Waals surface area contributed by atoms with Crippen LogP contribution in [0.25, 0.3) is 11.7 Å². The number of benzene rings is 1. The monoisotopic (exact) mass is 480 g/mol. The van der Waals surface area contributed by atoms with E-state index in [-0.39, 0.29) is 23.4 Å². The lowest BCUT2D eigenvalue weighted by atomic mass is 9.97. The number of carbonyl (C=O) groups excluding carboxylic acids is 1. The van der Waals surface area contributed by atoms with Crippen LogP contribution in [0.1, 0.15) is 18.5 Å². The molecule has 1 aliphatic rings. The number of aromatic nitrogens is 5. The highest BCUT2D eigenvalue weighted by atomic mass is 35.5. The number of imidazole rings is 1. The fraction of sp³-hybridized carbons (Fsp3) is 0.227. The highest BCUT2D eigenvalue weighted by Gasteiger charge is 2.22. The van der Waals surface area contributed by atoms with E-state index in [0.29, 0.717) is 32.9 Å². The van der Waals surface area contributed by atoms with Gasteiger partial charge in [0.2, 0.25) is 11.8 Å². The molecule has 12 heteroatoms. The van der Waals surface area contributed by atoms with E-state index >= 15 is 0 Å². The molecule has 3 aromatic heterocycles. The lowest BCUT2D eigenvalue weighted by molar-refractivity contribution is -0.120. The van der Waals surface area contributed by atoms with Crippen LogP contribution in [0.5, 0.6) is 5.88 Å². The lowest BCUT2D eigenvalue weighted by Gasteiger charge is -2.21. The van der Waals surface area contributed by atoms with E-state index in [4.69, 9.17) is 11.6 Å². The summed E-state index contributed by atoms with van der Waals surface area (Å²) in [7, 11) is 0. The summed E-state index contributed by atoms with van der Waals surface area (Å²) in [6.07, 6.45) is 4.55. The van der Waals surface area contributed by atoms with Crippen molar-refractivity contribution in [2.24, 2.45) is 10.9 Å². The highest BCUT2D eigenvalue weighted by molar-refractivity contribution is 6.30. The van der Waals surface area contributed by atoms with Crippen LogP contribution in [-0.2, 0) is 4.79 Å². The van der Waals surface area contributed by atoms with Crippen LogP contribution in [0.3, 0.4) is 0 Å². The van der Waals surface area contributed by atoms with Crippen LogP contribution < -0.4 is 27.0 Å². The van der Waals surface area contributed by atoms with Crippen LogP contribution in [-0.4, -0.2) is 48.7 Å². The average Bonchev–Trinajstić information content (AvgIpc) is 3.36. The molecule has 0 saturated carbocycles. The minimum absolute atomic E-state index is 0.101. The fourth-order valence-electron chi connectivity index (χ4n) is 3.85. The zero-order valence-electron chi connectivity index (χ0n) is 17.9. The number of aromatic hydroxyl groups is 1. The number of hydrogen-bond donors (Lipinski definition) is 5. The SMILES string of the molecule is O=C(Nc1cc(=Nc2cccc(Cl)c2)nc2c(=Cc3[nH]c(=O)[nH]c3O)cnn12)C1CCNCC1. The molecule has 4 aromatic rings. The maximum atomic E-state index is 12.9. The first-order valence-electron chi connectivity index (χ1n) is 10.7. The van der Waals surface area contributed by atoms with Gasteiger partial charge in [-0.25, -0.2) is 14.8 Å². The van der Waals surface area contributed by atoms with Crippen molar-refractivity contribution in [3.05, 3.63) is 68.4 Å². The van der Waals surface area contributed by atoms with Gasteiger partial charge in [-0.05, 0) is 50.2 Å². The van der Waals surface area contributed by atoms with Crippen LogP contribution in [0.2, 0.25) is 5.02 Å². The van der Waals surface area contributed by atoms with Crippen molar-refractivity contribution in [1.82, 2.24) is 29.9 Å². The highest BCUT2D eigenvalue weighted by Crippen LogP contribution is 2.18. The molecular formula is C22H21ClN8O3. The van der Waals surface area contributed by atoms with Crippen LogP contribution in [0.15, 0.2) is 46.3 Å². The topological polar surface area (TPSA) is 153 Å². The number of fused-ring (bicyclic) bond motifs is 1. The third-order valence-corrected chi connectivity index (χ3v) is 5.77. The molecule has 0 bridgehead atoms. The Balaban J connectivity index is 1.65.